The molecule has 1 saturated heterocycles. The first kappa shape index (κ1) is 25.9. The molecule has 1 fully saturated rings. The van der Waals surface area contributed by atoms with Crippen LogP contribution in [0.3, 0.4) is 0 Å². The number of pyridine rings is 1. The number of fused-ring (bicyclic) bond motifs is 1. The van der Waals surface area contributed by atoms with Crippen molar-refractivity contribution < 1.29 is 19.4 Å². The lowest BCUT2D eigenvalue weighted by Crippen LogP contribution is -2.34. The molecule has 1 aliphatic heterocycles. The second kappa shape index (κ2) is 11.7. The third-order valence-corrected chi connectivity index (χ3v) is 7.15. The van der Waals surface area contributed by atoms with Gasteiger partial charge < -0.3 is 14.6 Å². The first-order valence-electron chi connectivity index (χ1n) is 12.4. The summed E-state index contributed by atoms with van der Waals surface area (Å²) in [6.07, 6.45) is 6.93. The average molecular weight is 578 g/mol. The topological polar surface area (TPSA) is 102 Å². The van der Waals surface area contributed by atoms with Gasteiger partial charge in [0.2, 0.25) is 5.88 Å². The maximum Gasteiger partial charge on any atom is 0.302 e. The Morgan fingerprint density at radius 1 is 1.16 bits per heavy atom. The Morgan fingerprint density at radius 3 is 2.74 bits per heavy atom. The van der Waals surface area contributed by atoms with Crippen LogP contribution in [0.5, 0.6) is 17.4 Å². The smallest absolute Gasteiger partial charge is 0.302 e. The predicted octanol–water partition coefficient (Wildman–Crippen LogP) is 6.39. The van der Waals surface area contributed by atoms with Crippen LogP contribution in [0.15, 0.2) is 81.7 Å². The van der Waals surface area contributed by atoms with Crippen LogP contribution < -0.4 is 9.47 Å². The summed E-state index contributed by atoms with van der Waals surface area (Å²) in [5.74, 6) is 0.602. The van der Waals surface area contributed by atoms with E-state index in [1.54, 1.807) is 37.6 Å². The van der Waals surface area contributed by atoms with Gasteiger partial charge in [-0.2, -0.15) is 0 Å². The number of ether oxygens (including phenoxy) is 2. The van der Waals surface area contributed by atoms with Crippen LogP contribution in [0.25, 0.3) is 10.9 Å². The molecule has 10 heteroatoms. The number of nitrogens with zero attached hydrogens (tertiary/aromatic N) is 5. The monoisotopic (exact) mass is 577 g/mol. The number of methoxy groups -OCH3 is 1. The number of rotatable bonds is 8. The van der Waals surface area contributed by atoms with E-state index in [9.17, 15) is 9.90 Å². The molecule has 9 nitrogen and oxygen atoms in total. The molecule has 5 rings (SSSR count). The fourth-order valence-electron chi connectivity index (χ4n) is 4.78. The van der Waals surface area contributed by atoms with Gasteiger partial charge in [0.15, 0.2) is 12.3 Å². The van der Waals surface area contributed by atoms with Crippen molar-refractivity contribution in [1.29, 1.82) is 0 Å². The highest BCUT2D eigenvalue weighted by Gasteiger charge is 2.27. The fraction of sp³-hybridized carbons (Fsp3) is 0.286. The first-order valence-corrected chi connectivity index (χ1v) is 13.2. The largest absolute Gasteiger partial charge is 0.497 e. The molecule has 1 atom stereocenters. The highest BCUT2D eigenvalue weighted by molar-refractivity contribution is 9.10. The van der Waals surface area contributed by atoms with Gasteiger partial charge in [-0.05, 0) is 66.9 Å². The molecule has 2 aromatic heterocycles. The molecule has 38 heavy (non-hydrogen) atoms. The molecule has 0 saturated carbocycles. The number of aromatic hydroxyl groups is 1. The molecule has 196 valence electrons. The van der Waals surface area contributed by atoms with E-state index in [1.165, 1.54) is 0 Å². The molecule has 1 amide bonds. The van der Waals surface area contributed by atoms with Gasteiger partial charge in [-0.15, -0.1) is 10.2 Å². The second-order valence-corrected chi connectivity index (χ2v) is 9.99. The van der Waals surface area contributed by atoms with Gasteiger partial charge >= 0.3 is 5.91 Å². The van der Waals surface area contributed by atoms with Crippen LogP contribution >= 0.6 is 15.9 Å². The van der Waals surface area contributed by atoms with Gasteiger partial charge in [-0.25, -0.2) is 0 Å². The highest BCUT2D eigenvalue weighted by atomic mass is 79.9. The zero-order valence-corrected chi connectivity index (χ0v) is 22.5. The van der Waals surface area contributed by atoms with E-state index in [2.05, 4.69) is 42.1 Å². The maximum atomic E-state index is 12.4. The molecule has 1 aliphatic rings. The van der Waals surface area contributed by atoms with Crippen molar-refractivity contribution in [1.82, 2.24) is 14.5 Å². The number of likely N-dealkylation sites (tertiary alicyclic amines) is 1. The van der Waals surface area contributed by atoms with Crippen molar-refractivity contribution in [2.75, 3.05) is 20.3 Å². The van der Waals surface area contributed by atoms with Crippen molar-refractivity contribution >= 4 is 38.4 Å². The maximum absolute atomic E-state index is 12.4. The Balaban J connectivity index is 1.38. The summed E-state index contributed by atoms with van der Waals surface area (Å²) in [7, 11) is 1.58. The third-order valence-electron chi connectivity index (χ3n) is 6.66. The van der Waals surface area contributed by atoms with Gasteiger partial charge in [0.1, 0.15) is 11.5 Å². The first-order chi connectivity index (χ1) is 18.5. The van der Waals surface area contributed by atoms with Gasteiger partial charge in [0.25, 0.3) is 0 Å². The fourth-order valence-corrected chi connectivity index (χ4v) is 5.14. The Hall–Kier alpha value is -3.76. The van der Waals surface area contributed by atoms with Crippen molar-refractivity contribution in [3.63, 3.8) is 0 Å². The van der Waals surface area contributed by atoms with Crippen LogP contribution in [0.2, 0.25) is 0 Å². The number of azo groups is 1. The van der Waals surface area contributed by atoms with E-state index >= 15 is 0 Å². The lowest BCUT2D eigenvalue weighted by Gasteiger charge is -2.36. The zero-order valence-electron chi connectivity index (χ0n) is 21.0. The number of aromatic nitrogens is 2. The summed E-state index contributed by atoms with van der Waals surface area (Å²) in [6, 6.07) is 16.9. The number of carbonyl (C=O) groups excluding carboxylic acids is 1. The number of piperidine rings is 1. The number of hydrogen-bond acceptors (Lipinski definition) is 7. The summed E-state index contributed by atoms with van der Waals surface area (Å²) in [5, 5.41) is 19.9. The van der Waals surface area contributed by atoms with Gasteiger partial charge in [-0.3, -0.25) is 19.2 Å². The minimum atomic E-state index is -0.566. The molecule has 0 radical (unpaired) electrons. The summed E-state index contributed by atoms with van der Waals surface area (Å²) >= 11 is 3.50. The normalized spacial score (nSPS) is 16.2. The van der Waals surface area contributed by atoms with Crippen molar-refractivity contribution in [2.24, 2.45) is 10.2 Å². The number of amides is 1. The van der Waals surface area contributed by atoms with Gasteiger partial charge in [0.05, 0.1) is 19.3 Å². The molecular formula is C28H28BrN5O4. The highest BCUT2D eigenvalue weighted by Crippen LogP contribution is 2.41. The summed E-state index contributed by atoms with van der Waals surface area (Å²) in [4.78, 5) is 19.1. The predicted molar refractivity (Wildman–Crippen MR) is 147 cm³/mol. The zero-order chi connectivity index (χ0) is 26.5. The molecule has 0 aliphatic carbocycles. The van der Waals surface area contributed by atoms with E-state index in [4.69, 9.17) is 9.47 Å². The van der Waals surface area contributed by atoms with Gasteiger partial charge in [0, 0.05) is 34.8 Å². The standard InChI is InChI=1S/C28H28BrN5O4/c1-37-21-8-10-22(11-9-21)38-17-26(35)31-32-27-23-15-20(29)7-12-25(23)34(28(27)36)18-33-14-3-2-6-24(33)19-5-4-13-30-16-19/h4-5,7-13,15-16,24,36H,2-3,6,14,17-18H2,1H3/t24-/m0/s1. The Bertz CT molecular complexity index is 1440. The van der Waals surface area contributed by atoms with Crippen molar-refractivity contribution in [2.45, 2.75) is 32.0 Å². The van der Waals surface area contributed by atoms with Crippen LogP contribution in [0.1, 0.15) is 30.9 Å². The van der Waals surface area contributed by atoms with E-state index in [0.29, 0.717) is 23.6 Å². The van der Waals surface area contributed by atoms with Crippen LogP contribution in [0, 0.1) is 0 Å². The Kier molecular flexibility index (Phi) is 8.00. The molecule has 0 spiro atoms. The molecule has 3 heterocycles. The number of halogens is 1. The number of hydrogen-bond donors (Lipinski definition) is 1. The molecule has 1 N–H and O–H groups in total. The van der Waals surface area contributed by atoms with Crippen LogP contribution in [-0.2, 0) is 11.5 Å². The van der Waals surface area contributed by atoms with E-state index in [1.807, 2.05) is 35.0 Å². The summed E-state index contributed by atoms with van der Waals surface area (Å²) in [6.45, 7) is 1.08. The summed E-state index contributed by atoms with van der Waals surface area (Å²) in [5.41, 5.74) is 2.21. The number of carbonyl (C=O) groups is 1. The van der Waals surface area contributed by atoms with Crippen LogP contribution in [0.4, 0.5) is 5.69 Å². The van der Waals surface area contributed by atoms with Crippen molar-refractivity contribution in [3.8, 4) is 17.4 Å². The lowest BCUT2D eigenvalue weighted by atomic mass is 9.97. The molecule has 4 aromatic rings. The second-order valence-electron chi connectivity index (χ2n) is 9.07. The lowest BCUT2D eigenvalue weighted by molar-refractivity contribution is -0.120. The number of benzene rings is 2. The quantitative estimate of drug-likeness (QED) is 0.243. The Morgan fingerprint density at radius 2 is 1.97 bits per heavy atom. The minimum absolute atomic E-state index is 0.0405. The molecule has 2 aromatic carbocycles. The molecular weight excluding hydrogens is 550 g/mol. The van der Waals surface area contributed by atoms with Gasteiger partial charge in [-0.1, -0.05) is 28.4 Å². The average Bonchev–Trinajstić information content (AvgIpc) is 3.21. The minimum Gasteiger partial charge on any atom is -0.497 e. The summed E-state index contributed by atoms with van der Waals surface area (Å²) < 4.78 is 13.3. The van der Waals surface area contributed by atoms with E-state index in [-0.39, 0.29) is 24.2 Å². The Labute approximate surface area is 228 Å². The third kappa shape index (κ3) is 5.71. The SMILES string of the molecule is COc1ccc(OCC(=O)N=Nc2c(O)n(CN3CCCC[C@H]3c3cccnc3)c3ccc(Br)cc23)cc1. The molecule has 0 unspecified atom stereocenters. The van der Waals surface area contributed by atoms with Crippen molar-refractivity contribution in [3.05, 3.63) is 77.0 Å². The molecule has 0 bridgehead atoms. The van der Waals surface area contributed by atoms with E-state index < -0.39 is 5.91 Å². The van der Waals surface area contributed by atoms with E-state index in [0.717, 1.165) is 41.4 Å². The van der Waals surface area contributed by atoms with Crippen LogP contribution in [-0.4, -0.2) is 45.7 Å².